The maximum atomic E-state index is 12.6. The highest BCUT2D eigenvalue weighted by Gasteiger charge is 2.40. The van der Waals surface area contributed by atoms with Gasteiger partial charge in [0.05, 0.1) is 10.4 Å². The van der Waals surface area contributed by atoms with E-state index in [9.17, 15) is 4.79 Å². The molecule has 1 amide bonds. The van der Waals surface area contributed by atoms with Crippen molar-refractivity contribution >= 4 is 23.1 Å². The first kappa shape index (κ1) is 15.4. The second-order valence-corrected chi connectivity index (χ2v) is 6.45. The zero-order chi connectivity index (χ0) is 14.0. The van der Waals surface area contributed by atoms with Crippen LogP contribution in [-0.4, -0.2) is 28.9 Å². The summed E-state index contributed by atoms with van der Waals surface area (Å²) in [6.45, 7) is 10.0. The largest absolute Gasteiger partial charge is 0.392 e. The van der Waals surface area contributed by atoms with Gasteiger partial charge in [0.25, 0.3) is 0 Å². The first-order valence-corrected chi connectivity index (χ1v) is 7.29. The summed E-state index contributed by atoms with van der Waals surface area (Å²) in [5.74, 6) is 0.107. The molecule has 0 saturated carbocycles. The van der Waals surface area contributed by atoms with Gasteiger partial charge in [-0.2, -0.15) is 0 Å². The summed E-state index contributed by atoms with van der Waals surface area (Å²) in [7, 11) is 0. The predicted molar refractivity (Wildman–Crippen MR) is 79.4 cm³/mol. The van der Waals surface area contributed by atoms with Crippen LogP contribution >= 0.6 is 12.2 Å². The number of carbonyl (C=O) groups excluding carboxylic acids is 1. The molecule has 4 heteroatoms. The van der Waals surface area contributed by atoms with Crippen molar-refractivity contribution in [1.29, 1.82) is 0 Å². The smallest absolute Gasteiger partial charge is 0.235 e. The molecule has 1 unspecified atom stereocenters. The van der Waals surface area contributed by atoms with Crippen molar-refractivity contribution in [2.24, 2.45) is 16.6 Å². The Bertz CT molecular complexity index is 335. The topological polar surface area (TPSA) is 46.3 Å². The van der Waals surface area contributed by atoms with E-state index in [0.717, 1.165) is 25.9 Å². The highest BCUT2D eigenvalue weighted by molar-refractivity contribution is 7.80. The number of rotatable bonds is 4. The van der Waals surface area contributed by atoms with Crippen molar-refractivity contribution in [1.82, 2.24) is 4.90 Å². The Morgan fingerprint density at radius 2 is 1.89 bits per heavy atom. The first-order chi connectivity index (χ1) is 8.29. The molecule has 18 heavy (non-hydrogen) atoms. The molecule has 1 heterocycles. The van der Waals surface area contributed by atoms with Crippen LogP contribution in [0.4, 0.5) is 0 Å². The lowest BCUT2D eigenvalue weighted by atomic mass is 9.77. The van der Waals surface area contributed by atoms with Gasteiger partial charge < -0.3 is 10.6 Å². The number of nitrogens with zero attached hydrogens (tertiary/aromatic N) is 1. The maximum absolute atomic E-state index is 12.6. The molecule has 0 aromatic heterocycles. The van der Waals surface area contributed by atoms with Crippen molar-refractivity contribution in [3.05, 3.63) is 0 Å². The number of amides is 1. The monoisotopic (exact) mass is 270 g/mol. The summed E-state index contributed by atoms with van der Waals surface area (Å²) < 4.78 is 0. The number of thiocarbonyl (C=S) groups is 1. The minimum absolute atomic E-state index is 0.107. The van der Waals surface area contributed by atoms with E-state index in [4.69, 9.17) is 18.0 Å². The van der Waals surface area contributed by atoms with Crippen molar-refractivity contribution in [3.63, 3.8) is 0 Å². The van der Waals surface area contributed by atoms with Crippen molar-refractivity contribution < 1.29 is 4.79 Å². The fraction of sp³-hybridized carbons (Fsp3) is 0.857. The summed E-state index contributed by atoms with van der Waals surface area (Å²) in [5.41, 5.74) is 5.47. The fourth-order valence-corrected chi connectivity index (χ4v) is 2.61. The molecule has 1 saturated heterocycles. The van der Waals surface area contributed by atoms with E-state index >= 15 is 0 Å². The summed E-state index contributed by atoms with van der Waals surface area (Å²) in [4.78, 5) is 14.8. The molecule has 3 nitrogen and oxygen atoms in total. The van der Waals surface area contributed by atoms with E-state index in [0.29, 0.717) is 16.8 Å². The van der Waals surface area contributed by atoms with Crippen LogP contribution < -0.4 is 5.73 Å². The first-order valence-electron chi connectivity index (χ1n) is 6.88. The normalized spacial score (nSPS) is 22.3. The van der Waals surface area contributed by atoms with E-state index in [1.54, 1.807) is 0 Å². The summed E-state index contributed by atoms with van der Waals surface area (Å²) in [6.07, 6.45) is 4.00. The number of hydrogen-bond donors (Lipinski definition) is 1. The number of piperidine rings is 1. The van der Waals surface area contributed by atoms with E-state index in [2.05, 4.69) is 13.8 Å². The van der Waals surface area contributed by atoms with Gasteiger partial charge in [0.2, 0.25) is 5.91 Å². The van der Waals surface area contributed by atoms with Crippen molar-refractivity contribution in [2.75, 3.05) is 13.1 Å². The molecule has 0 aromatic rings. The lowest BCUT2D eigenvalue weighted by Crippen LogP contribution is -2.52. The van der Waals surface area contributed by atoms with Crippen LogP contribution in [0.2, 0.25) is 0 Å². The molecule has 1 atom stereocenters. The van der Waals surface area contributed by atoms with Gasteiger partial charge in [-0.1, -0.05) is 39.4 Å². The second-order valence-electron chi connectivity index (χ2n) is 6.01. The quantitative estimate of drug-likeness (QED) is 0.799. The van der Waals surface area contributed by atoms with Gasteiger partial charge in [0.1, 0.15) is 0 Å². The molecule has 0 bridgehead atoms. The maximum Gasteiger partial charge on any atom is 0.235 e. The number of likely N-dealkylation sites (tertiary alicyclic amines) is 1. The van der Waals surface area contributed by atoms with Crippen LogP contribution in [0.25, 0.3) is 0 Å². The van der Waals surface area contributed by atoms with Gasteiger partial charge in [-0.15, -0.1) is 0 Å². The van der Waals surface area contributed by atoms with Crippen molar-refractivity contribution in [2.45, 2.75) is 53.4 Å². The Labute approximate surface area is 116 Å². The van der Waals surface area contributed by atoms with Gasteiger partial charge in [0, 0.05) is 13.1 Å². The molecule has 1 rings (SSSR count). The Morgan fingerprint density at radius 1 is 1.39 bits per heavy atom. The number of hydrogen-bond acceptors (Lipinski definition) is 2. The standard InChI is InChI=1S/C14H26N2OS/c1-5-13(3)7-9-16(10-8-13)12(17)14(4,6-2)11(15)18/h5-10H2,1-4H3,(H2,15,18). The molecule has 104 valence electrons. The SMILES string of the molecule is CCC1(C)CCN(C(=O)C(C)(CC)C(N)=S)CC1. The zero-order valence-electron chi connectivity index (χ0n) is 12.1. The molecule has 2 N–H and O–H groups in total. The van der Waals surface area contributed by atoms with E-state index in [1.807, 2.05) is 18.7 Å². The van der Waals surface area contributed by atoms with Crippen LogP contribution in [0.5, 0.6) is 0 Å². The Hall–Kier alpha value is -0.640. The lowest BCUT2D eigenvalue weighted by Gasteiger charge is -2.42. The fourth-order valence-electron chi connectivity index (χ4n) is 2.38. The van der Waals surface area contributed by atoms with Gasteiger partial charge in [-0.05, 0) is 31.6 Å². The summed E-state index contributed by atoms with van der Waals surface area (Å²) in [5, 5.41) is 0. The zero-order valence-corrected chi connectivity index (χ0v) is 12.9. The van der Waals surface area contributed by atoms with Crippen LogP contribution in [0, 0.1) is 10.8 Å². The van der Waals surface area contributed by atoms with Gasteiger partial charge in [-0.25, -0.2) is 0 Å². The second kappa shape index (κ2) is 5.55. The minimum Gasteiger partial charge on any atom is -0.392 e. The Balaban J connectivity index is 2.73. The van der Waals surface area contributed by atoms with Crippen LogP contribution in [0.3, 0.4) is 0 Å². The lowest BCUT2D eigenvalue weighted by molar-refractivity contribution is -0.140. The molecule has 1 aliphatic rings. The number of nitrogens with two attached hydrogens (primary N) is 1. The van der Waals surface area contributed by atoms with Crippen LogP contribution in [0.1, 0.15) is 53.4 Å². The molecule has 0 spiro atoms. The minimum atomic E-state index is -0.671. The number of carbonyl (C=O) groups is 1. The molecule has 1 fully saturated rings. The third-order valence-corrected chi connectivity index (χ3v) is 5.28. The van der Waals surface area contributed by atoms with E-state index in [-0.39, 0.29) is 5.91 Å². The molecule has 0 radical (unpaired) electrons. The van der Waals surface area contributed by atoms with Crippen LogP contribution in [-0.2, 0) is 4.79 Å². The van der Waals surface area contributed by atoms with Crippen LogP contribution in [0.15, 0.2) is 0 Å². The molecular formula is C14H26N2OS. The molecule has 1 aliphatic heterocycles. The molecular weight excluding hydrogens is 244 g/mol. The highest BCUT2D eigenvalue weighted by atomic mass is 32.1. The summed E-state index contributed by atoms with van der Waals surface area (Å²) >= 11 is 5.07. The highest BCUT2D eigenvalue weighted by Crippen LogP contribution is 2.36. The molecule has 0 aliphatic carbocycles. The van der Waals surface area contributed by atoms with E-state index < -0.39 is 5.41 Å². The van der Waals surface area contributed by atoms with Gasteiger partial charge in [0.15, 0.2) is 0 Å². The third-order valence-electron chi connectivity index (χ3n) is 4.83. The van der Waals surface area contributed by atoms with Crippen molar-refractivity contribution in [3.8, 4) is 0 Å². The average Bonchev–Trinajstić information content (AvgIpc) is 2.37. The van der Waals surface area contributed by atoms with Gasteiger partial charge >= 0.3 is 0 Å². The third kappa shape index (κ3) is 2.85. The summed E-state index contributed by atoms with van der Waals surface area (Å²) in [6, 6.07) is 0. The van der Waals surface area contributed by atoms with E-state index in [1.165, 1.54) is 6.42 Å². The average molecular weight is 270 g/mol. The van der Waals surface area contributed by atoms with Gasteiger partial charge in [-0.3, -0.25) is 4.79 Å². The molecule has 0 aromatic carbocycles. The predicted octanol–water partition coefficient (Wildman–Crippen LogP) is 2.73. The Kier molecular flexibility index (Phi) is 4.76. The Morgan fingerprint density at radius 3 is 2.22 bits per heavy atom.